The predicted molar refractivity (Wildman–Crippen MR) is 86.4 cm³/mol. The Morgan fingerprint density at radius 2 is 2.22 bits per heavy atom. The smallest absolute Gasteiger partial charge is 0.410 e. The fourth-order valence-electron chi connectivity index (χ4n) is 3.17. The van der Waals surface area contributed by atoms with Gasteiger partial charge in [-0.2, -0.15) is 0 Å². The van der Waals surface area contributed by atoms with E-state index in [-0.39, 0.29) is 18.2 Å². The second-order valence-electron chi connectivity index (χ2n) is 6.19. The molecule has 6 heteroatoms. The molecule has 126 valence electrons. The SMILES string of the molecule is O=C(OC1CCCCC1)N1CCNCC1COc1cccnc1. The van der Waals surface area contributed by atoms with Crippen molar-refractivity contribution in [1.29, 1.82) is 0 Å². The molecular weight excluding hydrogens is 294 g/mol. The van der Waals surface area contributed by atoms with E-state index in [1.807, 2.05) is 17.0 Å². The number of hydrogen-bond donors (Lipinski definition) is 1. The van der Waals surface area contributed by atoms with Crippen molar-refractivity contribution in [2.75, 3.05) is 26.2 Å². The van der Waals surface area contributed by atoms with Crippen LogP contribution in [0.15, 0.2) is 24.5 Å². The first-order valence-electron chi connectivity index (χ1n) is 8.54. The topological polar surface area (TPSA) is 63.7 Å². The average molecular weight is 319 g/mol. The molecule has 0 aromatic carbocycles. The van der Waals surface area contributed by atoms with Gasteiger partial charge in [-0.25, -0.2) is 4.79 Å². The monoisotopic (exact) mass is 319 g/mol. The maximum absolute atomic E-state index is 12.5. The van der Waals surface area contributed by atoms with E-state index in [1.54, 1.807) is 12.4 Å². The lowest BCUT2D eigenvalue weighted by molar-refractivity contribution is 0.0236. The normalized spacial score (nSPS) is 22.6. The van der Waals surface area contributed by atoms with Crippen molar-refractivity contribution in [2.45, 2.75) is 44.2 Å². The third-order valence-corrected chi connectivity index (χ3v) is 4.48. The van der Waals surface area contributed by atoms with Crippen LogP contribution in [0.5, 0.6) is 5.75 Å². The molecule has 1 aromatic heterocycles. The largest absolute Gasteiger partial charge is 0.490 e. The van der Waals surface area contributed by atoms with Crippen LogP contribution in [-0.2, 0) is 4.74 Å². The second kappa shape index (κ2) is 8.15. The first kappa shape index (κ1) is 16.1. The molecule has 1 amide bonds. The van der Waals surface area contributed by atoms with Crippen LogP contribution in [0, 0.1) is 0 Å². The van der Waals surface area contributed by atoms with Crippen LogP contribution >= 0.6 is 0 Å². The Morgan fingerprint density at radius 3 is 3.00 bits per heavy atom. The lowest BCUT2D eigenvalue weighted by atomic mass is 9.98. The fourth-order valence-corrected chi connectivity index (χ4v) is 3.17. The summed E-state index contributed by atoms with van der Waals surface area (Å²) < 4.78 is 11.5. The number of amides is 1. The third-order valence-electron chi connectivity index (χ3n) is 4.48. The standard InChI is InChI=1S/C17H25N3O3/c21-17(23-15-5-2-1-3-6-15)20-10-9-19-11-14(20)13-22-16-7-4-8-18-12-16/h4,7-8,12,14-15,19H,1-3,5-6,9-11,13H2. The quantitative estimate of drug-likeness (QED) is 0.922. The minimum Gasteiger partial charge on any atom is -0.490 e. The zero-order chi connectivity index (χ0) is 15.9. The van der Waals surface area contributed by atoms with E-state index >= 15 is 0 Å². The molecule has 6 nitrogen and oxygen atoms in total. The summed E-state index contributed by atoms with van der Waals surface area (Å²) in [5.74, 6) is 0.721. The van der Waals surface area contributed by atoms with Crippen molar-refractivity contribution in [3.8, 4) is 5.75 Å². The van der Waals surface area contributed by atoms with Gasteiger partial charge >= 0.3 is 6.09 Å². The van der Waals surface area contributed by atoms with Crippen LogP contribution in [0.3, 0.4) is 0 Å². The molecule has 1 aromatic rings. The van der Waals surface area contributed by atoms with E-state index in [9.17, 15) is 4.79 Å². The molecule has 3 rings (SSSR count). The van der Waals surface area contributed by atoms with Crippen LogP contribution in [0.2, 0.25) is 0 Å². The van der Waals surface area contributed by atoms with Crippen LogP contribution < -0.4 is 10.1 Å². The Labute approximate surface area is 137 Å². The van der Waals surface area contributed by atoms with Crippen molar-refractivity contribution in [1.82, 2.24) is 15.2 Å². The van der Waals surface area contributed by atoms with Gasteiger partial charge in [-0.3, -0.25) is 9.88 Å². The lowest BCUT2D eigenvalue weighted by Crippen LogP contribution is -2.56. The zero-order valence-corrected chi connectivity index (χ0v) is 13.4. The third kappa shape index (κ3) is 4.58. The van der Waals surface area contributed by atoms with Gasteiger partial charge in [0.25, 0.3) is 0 Å². The Morgan fingerprint density at radius 1 is 1.35 bits per heavy atom. The molecule has 0 bridgehead atoms. The van der Waals surface area contributed by atoms with E-state index < -0.39 is 0 Å². The number of nitrogens with one attached hydrogen (secondary N) is 1. The number of hydrogen-bond acceptors (Lipinski definition) is 5. The molecular formula is C17H25N3O3. The Kier molecular flexibility index (Phi) is 5.69. The first-order valence-corrected chi connectivity index (χ1v) is 8.54. The van der Waals surface area contributed by atoms with E-state index in [0.29, 0.717) is 13.2 Å². The molecule has 23 heavy (non-hydrogen) atoms. The van der Waals surface area contributed by atoms with Gasteiger partial charge in [0.2, 0.25) is 0 Å². The summed E-state index contributed by atoms with van der Waals surface area (Å²) in [6.07, 6.45) is 8.85. The summed E-state index contributed by atoms with van der Waals surface area (Å²) in [7, 11) is 0. The Balaban J connectivity index is 1.53. The maximum Gasteiger partial charge on any atom is 0.410 e. The van der Waals surface area contributed by atoms with E-state index in [1.165, 1.54) is 6.42 Å². The van der Waals surface area contributed by atoms with E-state index in [2.05, 4.69) is 10.3 Å². The highest BCUT2D eigenvalue weighted by atomic mass is 16.6. The summed E-state index contributed by atoms with van der Waals surface area (Å²) in [5.41, 5.74) is 0. The van der Waals surface area contributed by atoms with Gasteiger partial charge in [-0.1, -0.05) is 6.42 Å². The van der Waals surface area contributed by atoms with Crippen LogP contribution in [0.4, 0.5) is 4.79 Å². The maximum atomic E-state index is 12.5. The molecule has 1 saturated heterocycles. The number of carbonyl (C=O) groups excluding carboxylic acids is 1. The van der Waals surface area contributed by atoms with Crippen LogP contribution in [-0.4, -0.2) is 54.4 Å². The van der Waals surface area contributed by atoms with Crippen LogP contribution in [0.1, 0.15) is 32.1 Å². The van der Waals surface area contributed by atoms with Gasteiger partial charge in [0.05, 0.1) is 12.2 Å². The van der Waals surface area contributed by atoms with Crippen molar-refractivity contribution in [3.05, 3.63) is 24.5 Å². The lowest BCUT2D eigenvalue weighted by Gasteiger charge is -2.36. The summed E-state index contributed by atoms with van der Waals surface area (Å²) in [6.45, 7) is 2.62. The van der Waals surface area contributed by atoms with Gasteiger partial charge in [0.1, 0.15) is 18.5 Å². The van der Waals surface area contributed by atoms with Crippen molar-refractivity contribution >= 4 is 6.09 Å². The minimum absolute atomic E-state index is 0.0138. The number of aromatic nitrogens is 1. The Bertz CT molecular complexity index is 491. The van der Waals surface area contributed by atoms with Crippen molar-refractivity contribution in [3.63, 3.8) is 0 Å². The molecule has 1 N–H and O–H groups in total. The number of piperazine rings is 1. The molecule has 1 aliphatic carbocycles. The fraction of sp³-hybridized carbons (Fsp3) is 0.647. The van der Waals surface area contributed by atoms with Gasteiger partial charge in [0.15, 0.2) is 0 Å². The van der Waals surface area contributed by atoms with Gasteiger partial charge < -0.3 is 14.8 Å². The second-order valence-corrected chi connectivity index (χ2v) is 6.19. The van der Waals surface area contributed by atoms with Gasteiger partial charge in [-0.05, 0) is 37.8 Å². The summed E-state index contributed by atoms with van der Waals surface area (Å²) in [5, 5.41) is 3.31. The number of nitrogens with zero attached hydrogens (tertiary/aromatic N) is 2. The minimum atomic E-state index is -0.196. The molecule has 1 atom stereocenters. The highest BCUT2D eigenvalue weighted by Crippen LogP contribution is 2.21. The van der Waals surface area contributed by atoms with Gasteiger partial charge in [-0.15, -0.1) is 0 Å². The predicted octanol–water partition coefficient (Wildman–Crippen LogP) is 2.20. The van der Waals surface area contributed by atoms with E-state index in [4.69, 9.17) is 9.47 Å². The highest BCUT2D eigenvalue weighted by Gasteiger charge is 2.30. The summed E-state index contributed by atoms with van der Waals surface area (Å²) in [6, 6.07) is 3.69. The summed E-state index contributed by atoms with van der Waals surface area (Å²) in [4.78, 5) is 18.3. The van der Waals surface area contributed by atoms with Gasteiger partial charge in [0, 0.05) is 25.8 Å². The number of carbonyl (C=O) groups is 1. The molecule has 0 radical (unpaired) electrons. The van der Waals surface area contributed by atoms with Crippen molar-refractivity contribution < 1.29 is 14.3 Å². The number of rotatable bonds is 4. The molecule has 2 fully saturated rings. The Hall–Kier alpha value is -1.82. The van der Waals surface area contributed by atoms with Crippen LogP contribution in [0.25, 0.3) is 0 Å². The molecule has 2 aliphatic rings. The van der Waals surface area contributed by atoms with E-state index in [0.717, 1.165) is 44.5 Å². The highest BCUT2D eigenvalue weighted by molar-refractivity contribution is 5.68. The zero-order valence-electron chi connectivity index (χ0n) is 13.4. The first-order chi connectivity index (χ1) is 11.3. The average Bonchev–Trinajstić information content (AvgIpc) is 2.62. The summed E-state index contributed by atoms with van der Waals surface area (Å²) >= 11 is 0. The molecule has 1 aliphatic heterocycles. The van der Waals surface area contributed by atoms with Crippen molar-refractivity contribution in [2.24, 2.45) is 0 Å². The number of ether oxygens (including phenoxy) is 2. The molecule has 1 unspecified atom stereocenters. The number of pyridine rings is 1. The molecule has 1 saturated carbocycles. The molecule has 0 spiro atoms. The molecule has 2 heterocycles.